The van der Waals surface area contributed by atoms with Crippen molar-refractivity contribution in [2.24, 2.45) is 0 Å². The molecule has 35 heavy (non-hydrogen) atoms. The number of hydrogen-bond acceptors (Lipinski definition) is 8. The fourth-order valence-corrected chi connectivity index (χ4v) is 4.00. The molecule has 1 aliphatic rings. The lowest BCUT2D eigenvalue weighted by Crippen LogP contribution is -2.29. The largest absolute Gasteiger partial charge is 0.507 e. The number of carbonyl (C=O) groups is 2. The van der Waals surface area contributed by atoms with Crippen molar-refractivity contribution in [1.82, 2.24) is 9.88 Å². The molecule has 0 radical (unpaired) electrons. The van der Waals surface area contributed by atoms with E-state index < -0.39 is 28.4 Å². The van der Waals surface area contributed by atoms with Crippen LogP contribution in [-0.4, -0.2) is 45.8 Å². The molecule has 0 spiro atoms. The van der Waals surface area contributed by atoms with Crippen molar-refractivity contribution in [1.29, 1.82) is 0 Å². The zero-order valence-corrected chi connectivity index (χ0v) is 18.9. The van der Waals surface area contributed by atoms with E-state index in [-0.39, 0.29) is 23.4 Å². The van der Waals surface area contributed by atoms with Crippen LogP contribution in [0.25, 0.3) is 5.76 Å². The van der Waals surface area contributed by atoms with Gasteiger partial charge in [0.2, 0.25) is 0 Å². The van der Waals surface area contributed by atoms with Gasteiger partial charge in [0.15, 0.2) is 11.5 Å². The molecule has 3 aromatic rings. The van der Waals surface area contributed by atoms with Crippen molar-refractivity contribution in [3.8, 4) is 11.5 Å². The van der Waals surface area contributed by atoms with Gasteiger partial charge in [-0.2, -0.15) is 0 Å². The number of hydrogen-bond donors (Lipinski definition) is 1. The predicted molar refractivity (Wildman–Crippen MR) is 125 cm³/mol. The Balaban J connectivity index is 1.87. The predicted octanol–water partition coefficient (Wildman–Crippen LogP) is 3.63. The van der Waals surface area contributed by atoms with E-state index in [4.69, 9.17) is 9.47 Å². The van der Waals surface area contributed by atoms with Gasteiger partial charge in [0.25, 0.3) is 17.4 Å². The summed E-state index contributed by atoms with van der Waals surface area (Å²) in [6.45, 7) is 0.0444. The van der Waals surface area contributed by atoms with Crippen molar-refractivity contribution >= 4 is 23.1 Å². The molecule has 4 rings (SSSR count). The number of methoxy groups -OCH3 is 2. The summed E-state index contributed by atoms with van der Waals surface area (Å²) in [6, 6.07) is 12.6. The van der Waals surface area contributed by atoms with Gasteiger partial charge >= 0.3 is 0 Å². The first-order valence-electron chi connectivity index (χ1n) is 10.5. The standard InChI is InChI=1S/C25H21N3O7/c1-34-19-10-7-17(12-20(19)35-2)23(29)21-22(16-5-8-18(9-6-16)28(32)33)27(25(31)24(21)30)14-15-4-3-11-26-13-15/h3-13,22,29H,14H2,1-2H3/b23-21+/t22-/m1/s1. The highest BCUT2D eigenvalue weighted by Gasteiger charge is 2.46. The molecule has 1 aliphatic heterocycles. The van der Waals surface area contributed by atoms with Crippen molar-refractivity contribution in [2.75, 3.05) is 14.2 Å². The number of Topliss-reactive ketones (excluding diaryl/α,β-unsaturated/α-hetero) is 1. The minimum absolute atomic E-state index is 0.0444. The van der Waals surface area contributed by atoms with Gasteiger partial charge in [-0.3, -0.25) is 24.7 Å². The van der Waals surface area contributed by atoms with Gasteiger partial charge in [0, 0.05) is 36.6 Å². The van der Waals surface area contributed by atoms with Gasteiger partial charge < -0.3 is 19.5 Å². The Bertz CT molecular complexity index is 1320. The third-order valence-electron chi connectivity index (χ3n) is 5.69. The number of amides is 1. The van der Waals surface area contributed by atoms with Crippen molar-refractivity contribution in [3.05, 3.63) is 99.4 Å². The third kappa shape index (κ3) is 4.41. The Labute approximate surface area is 200 Å². The zero-order chi connectivity index (χ0) is 25.1. The number of aliphatic hydroxyl groups excluding tert-OH is 1. The Morgan fingerprint density at radius 3 is 2.40 bits per heavy atom. The Morgan fingerprint density at radius 2 is 1.80 bits per heavy atom. The molecular weight excluding hydrogens is 454 g/mol. The monoisotopic (exact) mass is 475 g/mol. The minimum atomic E-state index is -0.982. The first-order valence-corrected chi connectivity index (χ1v) is 10.5. The summed E-state index contributed by atoms with van der Waals surface area (Å²) in [5, 5.41) is 22.3. The first-order chi connectivity index (χ1) is 16.8. The summed E-state index contributed by atoms with van der Waals surface area (Å²) < 4.78 is 10.5. The van der Waals surface area contributed by atoms with Crippen molar-refractivity contribution < 1.29 is 29.1 Å². The van der Waals surface area contributed by atoms with Crippen molar-refractivity contribution in [3.63, 3.8) is 0 Å². The fraction of sp³-hybridized carbons (Fsp3) is 0.160. The van der Waals surface area contributed by atoms with Crippen LogP contribution in [0.4, 0.5) is 5.69 Å². The van der Waals surface area contributed by atoms with E-state index in [1.165, 1.54) is 55.5 Å². The smallest absolute Gasteiger partial charge is 0.295 e. The molecule has 1 N–H and O–H groups in total. The van der Waals surface area contributed by atoms with E-state index in [0.29, 0.717) is 22.6 Å². The number of nitro benzene ring substituents is 1. The number of aromatic nitrogens is 1. The molecule has 178 valence electrons. The average molecular weight is 475 g/mol. The molecule has 1 fully saturated rings. The highest BCUT2D eigenvalue weighted by molar-refractivity contribution is 6.46. The number of aliphatic hydroxyl groups is 1. The quantitative estimate of drug-likeness (QED) is 0.180. The zero-order valence-electron chi connectivity index (χ0n) is 18.9. The number of pyridine rings is 1. The molecule has 1 amide bonds. The van der Waals surface area contributed by atoms with Crippen LogP contribution >= 0.6 is 0 Å². The van der Waals surface area contributed by atoms with Crippen LogP contribution < -0.4 is 9.47 Å². The highest BCUT2D eigenvalue weighted by atomic mass is 16.6. The topological polar surface area (TPSA) is 132 Å². The second-order valence-electron chi connectivity index (χ2n) is 7.71. The van der Waals surface area contributed by atoms with E-state index in [9.17, 15) is 24.8 Å². The average Bonchev–Trinajstić information content (AvgIpc) is 3.13. The van der Waals surface area contributed by atoms with Gasteiger partial charge in [-0.05, 0) is 47.5 Å². The molecule has 1 saturated heterocycles. The molecule has 0 unspecified atom stereocenters. The number of ether oxygens (including phenoxy) is 2. The van der Waals surface area contributed by atoms with Crippen LogP contribution in [-0.2, 0) is 16.1 Å². The summed E-state index contributed by atoms with van der Waals surface area (Å²) in [6.07, 6.45) is 3.16. The Morgan fingerprint density at radius 1 is 1.09 bits per heavy atom. The number of rotatable bonds is 7. The van der Waals surface area contributed by atoms with Crippen LogP contribution in [0, 0.1) is 10.1 Å². The second-order valence-corrected chi connectivity index (χ2v) is 7.71. The Hall–Kier alpha value is -4.73. The van der Waals surface area contributed by atoms with Gasteiger partial charge in [0.1, 0.15) is 5.76 Å². The van der Waals surface area contributed by atoms with Crippen LogP contribution in [0.1, 0.15) is 22.7 Å². The summed E-state index contributed by atoms with van der Waals surface area (Å²) in [7, 11) is 2.90. The number of ketones is 1. The number of non-ortho nitro benzene ring substituents is 1. The maximum atomic E-state index is 13.2. The van der Waals surface area contributed by atoms with E-state index in [0.717, 1.165) is 0 Å². The minimum Gasteiger partial charge on any atom is -0.507 e. The molecule has 1 aromatic heterocycles. The van der Waals surface area contributed by atoms with Crippen LogP contribution in [0.15, 0.2) is 72.6 Å². The lowest BCUT2D eigenvalue weighted by molar-refractivity contribution is -0.384. The summed E-state index contributed by atoms with van der Waals surface area (Å²) in [5.74, 6) is -1.33. The molecule has 2 heterocycles. The van der Waals surface area contributed by atoms with Crippen LogP contribution in [0.5, 0.6) is 11.5 Å². The lowest BCUT2D eigenvalue weighted by atomic mass is 9.95. The number of carbonyl (C=O) groups excluding carboxylic acids is 2. The molecule has 10 nitrogen and oxygen atoms in total. The lowest BCUT2D eigenvalue weighted by Gasteiger charge is -2.25. The van der Waals surface area contributed by atoms with Crippen LogP contribution in [0.2, 0.25) is 0 Å². The van der Waals surface area contributed by atoms with Gasteiger partial charge in [0.05, 0.1) is 30.8 Å². The number of nitrogens with zero attached hydrogens (tertiary/aromatic N) is 3. The molecule has 0 saturated carbocycles. The number of likely N-dealkylation sites (tertiary alicyclic amines) is 1. The van der Waals surface area contributed by atoms with E-state index in [1.54, 1.807) is 30.6 Å². The van der Waals surface area contributed by atoms with Gasteiger partial charge in [-0.25, -0.2) is 0 Å². The molecule has 2 aromatic carbocycles. The normalized spacial score (nSPS) is 16.9. The molecule has 0 aliphatic carbocycles. The Kier molecular flexibility index (Phi) is 6.45. The maximum Gasteiger partial charge on any atom is 0.295 e. The van der Waals surface area contributed by atoms with E-state index >= 15 is 0 Å². The third-order valence-corrected chi connectivity index (χ3v) is 5.69. The first kappa shape index (κ1) is 23.4. The SMILES string of the molecule is COc1ccc(/C(O)=C2\C(=O)C(=O)N(Cc3cccnc3)[C@@H]2c2ccc([N+](=O)[O-])cc2)cc1OC. The summed E-state index contributed by atoms with van der Waals surface area (Å²) in [5.41, 5.74) is 1.07. The maximum absolute atomic E-state index is 13.2. The fourth-order valence-electron chi connectivity index (χ4n) is 4.00. The number of nitro groups is 1. The van der Waals surface area contributed by atoms with Crippen molar-refractivity contribution in [2.45, 2.75) is 12.6 Å². The van der Waals surface area contributed by atoms with E-state index in [2.05, 4.69) is 4.98 Å². The molecule has 1 atom stereocenters. The second kappa shape index (κ2) is 9.64. The number of benzene rings is 2. The van der Waals surface area contributed by atoms with E-state index in [1.807, 2.05) is 0 Å². The summed E-state index contributed by atoms with van der Waals surface area (Å²) >= 11 is 0. The van der Waals surface area contributed by atoms with Gasteiger partial charge in [-0.1, -0.05) is 6.07 Å². The highest BCUT2D eigenvalue weighted by Crippen LogP contribution is 2.41. The molecule has 0 bridgehead atoms. The summed E-state index contributed by atoms with van der Waals surface area (Å²) in [4.78, 5) is 42.2. The molecule has 10 heteroatoms. The van der Waals surface area contributed by atoms with Crippen LogP contribution in [0.3, 0.4) is 0 Å². The van der Waals surface area contributed by atoms with Gasteiger partial charge in [-0.15, -0.1) is 0 Å². The molecular formula is C25H21N3O7.